The highest BCUT2D eigenvalue weighted by atomic mass is 79.9. The highest BCUT2D eigenvalue weighted by Crippen LogP contribution is 2.49. The van der Waals surface area contributed by atoms with Gasteiger partial charge in [0.2, 0.25) is 11.8 Å². The molecule has 0 saturated heterocycles. The van der Waals surface area contributed by atoms with Crippen LogP contribution in [0.2, 0.25) is 0 Å². The van der Waals surface area contributed by atoms with Crippen LogP contribution < -0.4 is 5.32 Å². The van der Waals surface area contributed by atoms with Gasteiger partial charge in [-0.25, -0.2) is 0 Å². The summed E-state index contributed by atoms with van der Waals surface area (Å²) in [5, 5.41) is 2.88. The zero-order chi connectivity index (χ0) is 18.9. The first-order valence-electron chi connectivity index (χ1n) is 8.39. The minimum absolute atomic E-state index is 0.00232. The number of likely N-dealkylation sites (N-methyl/N-ethyl adjacent to an activating group) is 1. The second-order valence-corrected chi connectivity index (χ2v) is 8.59. The molecule has 0 bridgehead atoms. The number of rotatable bonds is 5. The van der Waals surface area contributed by atoms with Crippen molar-refractivity contribution < 1.29 is 9.59 Å². The molecule has 1 aliphatic rings. The minimum atomic E-state index is -0.469. The van der Waals surface area contributed by atoms with Crippen LogP contribution in [0.1, 0.15) is 24.0 Å². The molecule has 136 valence electrons. The summed E-state index contributed by atoms with van der Waals surface area (Å²) >= 11 is 6.83. The molecule has 2 aromatic carbocycles. The third-order valence-corrected chi connectivity index (χ3v) is 5.77. The number of carbonyl (C=O) groups excluding carboxylic acids is 2. The Hall–Kier alpha value is -1.66. The van der Waals surface area contributed by atoms with Gasteiger partial charge in [-0.2, -0.15) is 0 Å². The Labute approximate surface area is 170 Å². The normalized spacial score (nSPS) is 14.6. The minimum Gasteiger partial charge on any atom is -0.336 e. The summed E-state index contributed by atoms with van der Waals surface area (Å²) in [6.45, 7) is 1.97. The predicted molar refractivity (Wildman–Crippen MR) is 110 cm³/mol. The van der Waals surface area contributed by atoms with Crippen molar-refractivity contribution in [1.82, 2.24) is 4.90 Å². The summed E-state index contributed by atoms with van der Waals surface area (Å²) < 4.78 is 1.95. The lowest BCUT2D eigenvalue weighted by molar-refractivity contribution is -0.135. The molecular weight excluding hydrogens is 460 g/mol. The number of aryl methyl sites for hydroxylation is 1. The standard InChI is InChI=1S/C20H20Br2N2O2/c1-13-11-16(22)7-8-17(13)23-18(25)12-24(2)19(26)20(9-10-20)14-3-5-15(21)6-4-14/h3-8,11H,9-10,12H2,1-2H3,(H,23,25). The van der Waals surface area contributed by atoms with Gasteiger partial charge in [0.05, 0.1) is 12.0 Å². The molecular formula is C20H20Br2N2O2. The Bertz CT molecular complexity index is 845. The first kappa shape index (κ1) is 19.1. The lowest BCUT2D eigenvalue weighted by atomic mass is 9.94. The average molecular weight is 480 g/mol. The fourth-order valence-electron chi connectivity index (χ4n) is 3.13. The van der Waals surface area contributed by atoms with E-state index in [0.717, 1.165) is 38.6 Å². The van der Waals surface area contributed by atoms with Gasteiger partial charge in [-0.1, -0.05) is 44.0 Å². The molecule has 1 aliphatic carbocycles. The van der Waals surface area contributed by atoms with E-state index in [-0.39, 0.29) is 18.4 Å². The molecule has 3 rings (SSSR count). The Kier molecular flexibility index (Phi) is 5.53. The van der Waals surface area contributed by atoms with Gasteiger partial charge in [0.15, 0.2) is 0 Å². The van der Waals surface area contributed by atoms with E-state index in [9.17, 15) is 9.59 Å². The lowest BCUT2D eigenvalue weighted by Crippen LogP contribution is -2.41. The Morgan fingerprint density at radius 2 is 1.69 bits per heavy atom. The number of anilines is 1. The first-order chi connectivity index (χ1) is 12.3. The maximum Gasteiger partial charge on any atom is 0.243 e. The van der Waals surface area contributed by atoms with Gasteiger partial charge >= 0.3 is 0 Å². The highest BCUT2D eigenvalue weighted by molar-refractivity contribution is 9.10. The summed E-state index contributed by atoms with van der Waals surface area (Å²) in [4.78, 5) is 26.8. The quantitative estimate of drug-likeness (QED) is 0.678. The van der Waals surface area contributed by atoms with Crippen LogP contribution in [-0.4, -0.2) is 30.3 Å². The molecule has 0 radical (unpaired) electrons. The van der Waals surface area contributed by atoms with Crippen LogP contribution in [0.5, 0.6) is 0 Å². The van der Waals surface area contributed by atoms with E-state index in [1.807, 2.05) is 49.4 Å². The van der Waals surface area contributed by atoms with E-state index in [1.54, 1.807) is 7.05 Å². The summed E-state index contributed by atoms with van der Waals surface area (Å²) in [7, 11) is 1.69. The number of benzene rings is 2. The Balaban J connectivity index is 1.65. The number of halogens is 2. The third kappa shape index (κ3) is 4.01. The SMILES string of the molecule is Cc1cc(Br)ccc1NC(=O)CN(C)C(=O)C1(c2ccc(Br)cc2)CC1. The number of nitrogens with zero attached hydrogens (tertiary/aromatic N) is 1. The highest BCUT2D eigenvalue weighted by Gasteiger charge is 2.52. The number of hydrogen-bond donors (Lipinski definition) is 1. The van der Waals surface area contributed by atoms with Crippen LogP contribution in [0.4, 0.5) is 5.69 Å². The largest absolute Gasteiger partial charge is 0.336 e. The molecule has 2 amide bonds. The van der Waals surface area contributed by atoms with Crippen LogP contribution in [0.3, 0.4) is 0 Å². The number of amides is 2. The molecule has 4 nitrogen and oxygen atoms in total. The van der Waals surface area contributed by atoms with E-state index in [0.29, 0.717) is 0 Å². The molecule has 0 unspecified atom stereocenters. The van der Waals surface area contributed by atoms with Gasteiger partial charge < -0.3 is 10.2 Å². The van der Waals surface area contributed by atoms with Crippen molar-refractivity contribution >= 4 is 49.4 Å². The van der Waals surface area contributed by atoms with E-state index in [4.69, 9.17) is 0 Å². The predicted octanol–water partition coefficient (Wildman–Crippen LogP) is 4.65. The second kappa shape index (κ2) is 7.53. The van der Waals surface area contributed by atoms with Crippen molar-refractivity contribution in [3.8, 4) is 0 Å². The van der Waals surface area contributed by atoms with Gasteiger partial charge in [-0.05, 0) is 61.2 Å². The van der Waals surface area contributed by atoms with Gasteiger partial charge in [-0.3, -0.25) is 9.59 Å². The van der Waals surface area contributed by atoms with E-state index >= 15 is 0 Å². The van der Waals surface area contributed by atoms with E-state index < -0.39 is 5.41 Å². The molecule has 0 heterocycles. The van der Waals surface area contributed by atoms with Crippen LogP contribution >= 0.6 is 31.9 Å². The average Bonchev–Trinajstić information content (AvgIpc) is 3.39. The maximum atomic E-state index is 12.9. The van der Waals surface area contributed by atoms with Crippen molar-refractivity contribution in [2.75, 3.05) is 18.9 Å². The molecule has 2 aromatic rings. The first-order valence-corrected chi connectivity index (χ1v) is 9.98. The van der Waals surface area contributed by atoms with E-state index in [1.165, 1.54) is 4.90 Å². The number of carbonyl (C=O) groups is 2. The fraction of sp³-hybridized carbons (Fsp3) is 0.300. The van der Waals surface area contributed by atoms with Gasteiger partial charge in [-0.15, -0.1) is 0 Å². The summed E-state index contributed by atoms with van der Waals surface area (Å²) in [5.74, 6) is -0.194. The fourth-order valence-corrected chi connectivity index (χ4v) is 3.87. The van der Waals surface area contributed by atoms with Crippen LogP contribution in [-0.2, 0) is 15.0 Å². The zero-order valence-electron chi connectivity index (χ0n) is 14.7. The molecule has 6 heteroatoms. The summed E-state index contributed by atoms with van der Waals surface area (Å²) in [5.41, 5.74) is 2.27. The Morgan fingerprint density at radius 1 is 1.08 bits per heavy atom. The van der Waals surface area contributed by atoms with Gasteiger partial charge in [0.25, 0.3) is 0 Å². The topological polar surface area (TPSA) is 49.4 Å². The zero-order valence-corrected chi connectivity index (χ0v) is 17.9. The number of hydrogen-bond acceptors (Lipinski definition) is 2. The molecule has 1 N–H and O–H groups in total. The molecule has 0 atom stereocenters. The van der Waals surface area contributed by atoms with Gasteiger partial charge in [0, 0.05) is 21.7 Å². The van der Waals surface area contributed by atoms with Crippen molar-refractivity contribution in [3.05, 3.63) is 62.5 Å². The van der Waals surface area contributed by atoms with Crippen molar-refractivity contribution in [3.63, 3.8) is 0 Å². The van der Waals surface area contributed by atoms with Gasteiger partial charge in [0.1, 0.15) is 0 Å². The maximum absolute atomic E-state index is 12.9. The van der Waals surface area contributed by atoms with Crippen LogP contribution in [0.15, 0.2) is 51.4 Å². The smallest absolute Gasteiger partial charge is 0.243 e. The lowest BCUT2D eigenvalue weighted by Gasteiger charge is -2.23. The molecule has 0 aromatic heterocycles. The molecule has 0 spiro atoms. The van der Waals surface area contributed by atoms with Crippen LogP contribution in [0.25, 0.3) is 0 Å². The van der Waals surface area contributed by atoms with Crippen molar-refractivity contribution in [1.29, 1.82) is 0 Å². The molecule has 0 aliphatic heterocycles. The third-order valence-electron chi connectivity index (χ3n) is 4.75. The monoisotopic (exact) mass is 478 g/mol. The van der Waals surface area contributed by atoms with E-state index in [2.05, 4.69) is 37.2 Å². The molecule has 26 heavy (non-hydrogen) atoms. The second-order valence-electron chi connectivity index (χ2n) is 6.76. The molecule has 1 fully saturated rings. The van der Waals surface area contributed by atoms with Crippen LogP contribution in [0, 0.1) is 6.92 Å². The number of nitrogens with one attached hydrogen (secondary N) is 1. The molecule has 1 saturated carbocycles. The Morgan fingerprint density at radius 3 is 2.27 bits per heavy atom. The van der Waals surface area contributed by atoms with Crippen molar-refractivity contribution in [2.45, 2.75) is 25.2 Å². The summed E-state index contributed by atoms with van der Waals surface area (Å²) in [6, 6.07) is 13.5. The summed E-state index contributed by atoms with van der Waals surface area (Å²) in [6.07, 6.45) is 1.65. The van der Waals surface area contributed by atoms with Crippen molar-refractivity contribution in [2.24, 2.45) is 0 Å².